The summed E-state index contributed by atoms with van der Waals surface area (Å²) < 4.78 is 55.4. The van der Waals surface area contributed by atoms with Gasteiger partial charge in [-0.05, 0) is 12.8 Å². The summed E-state index contributed by atoms with van der Waals surface area (Å²) in [6.07, 6.45) is 0.407. The van der Waals surface area contributed by atoms with Crippen molar-refractivity contribution in [2.45, 2.75) is 26.7 Å². The number of ether oxygens (including phenoxy) is 2. The van der Waals surface area contributed by atoms with Crippen molar-refractivity contribution in [2.24, 2.45) is 0 Å². The van der Waals surface area contributed by atoms with Gasteiger partial charge in [0.2, 0.25) is 0 Å². The van der Waals surface area contributed by atoms with Crippen molar-refractivity contribution in [1.29, 1.82) is 0 Å². The van der Waals surface area contributed by atoms with E-state index in [-0.39, 0.29) is 49.1 Å². The monoisotopic (exact) mass is 358 g/mol. The third-order valence-corrected chi connectivity index (χ3v) is 5.96. The van der Waals surface area contributed by atoms with Crippen LogP contribution in [0.15, 0.2) is 0 Å². The van der Waals surface area contributed by atoms with Gasteiger partial charge in [-0.15, -0.1) is 0 Å². The largest absolute Gasteiger partial charge is 0.465 e. The van der Waals surface area contributed by atoms with E-state index in [0.717, 1.165) is 0 Å². The van der Waals surface area contributed by atoms with Crippen LogP contribution in [0.3, 0.4) is 0 Å². The zero-order valence-electron chi connectivity index (χ0n) is 12.7. The van der Waals surface area contributed by atoms with Gasteiger partial charge < -0.3 is 9.47 Å². The fraction of sp³-hybridized carbons (Fsp3) is 0.833. The number of rotatable bonds is 11. The molecule has 8 nitrogen and oxygen atoms in total. The molecule has 0 unspecified atom stereocenters. The molecule has 0 fully saturated rings. The minimum absolute atomic E-state index is 0.159. The molecule has 10 heteroatoms. The highest BCUT2D eigenvalue weighted by atomic mass is 32.2. The van der Waals surface area contributed by atoms with Gasteiger partial charge in [0.05, 0.1) is 23.0 Å². The molecule has 0 N–H and O–H groups in total. The molecule has 0 aromatic carbocycles. The van der Waals surface area contributed by atoms with E-state index in [2.05, 4.69) is 9.47 Å². The standard InChI is InChI=1S/C12H22O8S2/c1-11(13)19-5-9-21(15,16)7-3-4-8-22(17,18)10-6-20-12(2)14/h3-10H2,1-2H3. The topological polar surface area (TPSA) is 121 Å². The minimum atomic E-state index is -3.36. The maximum atomic E-state index is 11.6. The van der Waals surface area contributed by atoms with Crippen molar-refractivity contribution in [2.75, 3.05) is 36.2 Å². The van der Waals surface area contributed by atoms with Gasteiger partial charge in [0.15, 0.2) is 19.7 Å². The zero-order chi connectivity index (χ0) is 17.2. The molecule has 0 aliphatic heterocycles. The van der Waals surface area contributed by atoms with Gasteiger partial charge in [0.1, 0.15) is 13.2 Å². The highest BCUT2D eigenvalue weighted by molar-refractivity contribution is 7.91. The van der Waals surface area contributed by atoms with Gasteiger partial charge in [-0.1, -0.05) is 0 Å². The lowest BCUT2D eigenvalue weighted by atomic mass is 10.4. The van der Waals surface area contributed by atoms with Crippen molar-refractivity contribution in [3.8, 4) is 0 Å². The average molecular weight is 358 g/mol. The third-order valence-electron chi connectivity index (χ3n) is 2.56. The fourth-order valence-electron chi connectivity index (χ4n) is 1.47. The second-order valence-corrected chi connectivity index (χ2v) is 9.30. The molecule has 0 radical (unpaired) electrons. The summed E-state index contributed by atoms with van der Waals surface area (Å²) in [5, 5.41) is 0. The number of esters is 2. The van der Waals surface area contributed by atoms with Crippen molar-refractivity contribution in [3.05, 3.63) is 0 Å². The fourth-order valence-corrected chi connectivity index (χ4v) is 3.84. The van der Waals surface area contributed by atoms with Crippen LogP contribution in [0.4, 0.5) is 0 Å². The van der Waals surface area contributed by atoms with E-state index < -0.39 is 31.6 Å². The Morgan fingerprint density at radius 2 is 1.00 bits per heavy atom. The molecule has 0 saturated carbocycles. The first-order valence-electron chi connectivity index (χ1n) is 6.72. The predicted molar refractivity (Wildman–Crippen MR) is 79.8 cm³/mol. The Bertz CT molecular complexity index is 510. The first-order valence-corrected chi connectivity index (χ1v) is 10.4. The Kier molecular flexibility index (Phi) is 9.26. The van der Waals surface area contributed by atoms with Gasteiger partial charge in [0, 0.05) is 13.8 Å². The van der Waals surface area contributed by atoms with Crippen LogP contribution in [0.2, 0.25) is 0 Å². The van der Waals surface area contributed by atoms with E-state index in [4.69, 9.17) is 0 Å². The molecule has 0 aliphatic carbocycles. The Hall–Kier alpha value is -1.16. The Morgan fingerprint density at radius 1 is 0.682 bits per heavy atom. The molecule has 0 spiro atoms. The molecule has 0 rings (SSSR count). The third kappa shape index (κ3) is 12.6. The van der Waals surface area contributed by atoms with E-state index in [9.17, 15) is 26.4 Å². The summed E-state index contributed by atoms with van der Waals surface area (Å²) in [7, 11) is -6.73. The van der Waals surface area contributed by atoms with E-state index >= 15 is 0 Å². The summed E-state index contributed by atoms with van der Waals surface area (Å²) >= 11 is 0. The highest BCUT2D eigenvalue weighted by Crippen LogP contribution is 2.02. The van der Waals surface area contributed by atoms with Crippen molar-refractivity contribution in [1.82, 2.24) is 0 Å². The first-order chi connectivity index (χ1) is 10.0. The van der Waals surface area contributed by atoms with E-state index in [1.807, 2.05) is 0 Å². The second kappa shape index (κ2) is 9.78. The van der Waals surface area contributed by atoms with Crippen LogP contribution >= 0.6 is 0 Å². The summed E-state index contributed by atoms with van der Waals surface area (Å²) in [5.74, 6) is -1.96. The molecule has 0 aromatic rings. The summed E-state index contributed by atoms with van der Waals surface area (Å²) in [6.45, 7) is 1.98. The summed E-state index contributed by atoms with van der Waals surface area (Å²) in [4.78, 5) is 21.0. The Balaban J connectivity index is 3.94. The van der Waals surface area contributed by atoms with Crippen molar-refractivity contribution in [3.63, 3.8) is 0 Å². The molecule has 0 atom stereocenters. The lowest BCUT2D eigenvalue weighted by molar-refractivity contribution is -0.141. The number of carbonyl (C=O) groups is 2. The maximum absolute atomic E-state index is 11.6. The second-order valence-electron chi connectivity index (χ2n) is 4.69. The molecule has 22 heavy (non-hydrogen) atoms. The molecule has 130 valence electrons. The predicted octanol–water partition coefficient (Wildman–Crippen LogP) is -0.278. The molecule has 0 bridgehead atoms. The van der Waals surface area contributed by atoms with Crippen LogP contribution in [0.5, 0.6) is 0 Å². The highest BCUT2D eigenvalue weighted by Gasteiger charge is 2.14. The van der Waals surface area contributed by atoms with Crippen LogP contribution in [0, 0.1) is 0 Å². The van der Waals surface area contributed by atoms with E-state index in [0.29, 0.717) is 0 Å². The van der Waals surface area contributed by atoms with Crippen LogP contribution in [0.25, 0.3) is 0 Å². The molecule has 0 saturated heterocycles. The zero-order valence-corrected chi connectivity index (χ0v) is 14.4. The summed E-state index contributed by atoms with van der Waals surface area (Å²) in [5.41, 5.74) is 0. The van der Waals surface area contributed by atoms with Gasteiger partial charge in [-0.2, -0.15) is 0 Å². The van der Waals surface area contributed by atoms with Gasteiger partial charge >= 0.3 is 11.9 Å². The normalized spacial score (nSPS) is 11.9. The molecule has 0 aliphatic rings. The molecular formula is C12H22O8S2. The Morgan fingerprint density at radius 3 is 1.27 bits per heavy atom. The number of sulfone groups is 2. The minimum Gasteiger partial charge on any atom is -0.465 e. The van der Waals surface area contributed by atoms with Crippen LogP contribution < -0.4 is 0 Å². The van der Waals surface area contributed by atoms with Crippen molar-refractivity contribution >= 4 is 31.6 Å². The average Bonchev–Trinajstić information content (AvgIpc) is 2.33. The number of carbonyl (C=O) groups excluding carboxylic acids is 2. The number of hydrogen-bond acceptors (Lipinski definition) is 8. The van der Waals surface area contributed by atoms with Gasteiger partial charge in [-0.3, -0.25) is 9.59 Å². The smallest absolute Gasteiger partial charge is 0.302 e. The molecule has 0 amide bonds. The molecule has 0 aromatic heterocycles. The van der Waals surface area contributed by atoms with E-state index in [1.54, 1.807) is 0 Å². The quantitative estimate of drug-likeness (QED) is 0.365. The van der Waals surface area contributed by atoms with E-state index in [1.165, 1.54) is 13.8 Å². The molecule has 0 heterocycles. The lowest BCUT2D eigenvalue weighted by Gasteiger charge is -2.06. The van der Waals surface area contributed by atoms with Crippen LogP contribution in [0.1, 0.15) is 26.7 Å². The maximum Gasteiger partial charge on any atom is 0.302 e. The van der Waals surface area contributed by atoms with Crippen LogP contribution in [-0.4, -0.2) is 65.0 Å². The van der Waals surface area contributed by atoms with Crippen molar-refractivity contribution < 1.29 is 35.9 Å². The lowest BCUT2D eigenvalue weighted by Crippen LogP contribution is -2.19. The number of unbranched alkanes of at least 4 members (excludes halogenated alkanes) is 1. The Labute approximate surface area is 131 Å². The van der Waals surface area contributed by atoms with Gasteiger partial charge in [-0.25, -0.2) is 16.8 Å². The summed E-state index contributed by atoms with van der Waals surface area (Å²) in [6, 6.07) is 0. The number of hydrogen-bond donors (Lipinski definition) is 0. The SMILES string of the molecule is CC(=O)OCCS(=O)(=O)CCCCS(=O)(=O)CCOC(C)=O. The molecular weight excluding hydrogens is 336 g/mol. The first kappa shape index (κ1) is 20.8. The van der Waals surface area contributed by atoms with Crippen LogP contribution in [-0.2, 0) is 38.7 Å². The van der Waals surface area contributed by atoms with Gasteiger partial charge in [0.25, 0.3) is 0 Å².